The molecule has 2 aromatic carbocycles. The zero-order chi connectivity index (χ0) is 26.6. The van der Waals surface area contributed by atoms with Crippen LogP contribution in [0.15, 0.2) is 56.4 Å². The molecule has 0 aliphatic rings. The van der Waals surface area contributed by atoms with Gasteiger partial charge in [0, 0.05) is 47.5 Å². The summed E-state index contributed by atoms with van der Waals surface area (Å²) in [5.74, 6) is 0. The van der Waals surface area contributed by atoms with Crippen LogP contribution >= 0.6 is 0 Å². The topological polar surface area (TPSA) is 230 Å². The summed E-state index contributed by atoms with van der Waals surface area (Å²) in [6, 6.07) is 7.90. The fourth-order valence-corrected chi connectivity index (χ4v) is 5.50. The van der Waals surface area contributed by atoms with E-state index in [0.717, 1.165) is 0 Å². The van der Waals surface area contributed by atoms with Gasteiger partial charge in [0.25, 0.3) is 0 Å². The van der Waals surface area contributed by atoms with Crippen molar-refractivity contribution in [2.45, 2.75) is 22.6 Å². The Bertz CT molecular complexity index is 1310. The Kier molecular flexibility index (Phi) is 10.9. The van der Waals surface area contributed by atoms with Crippen molar-refractivity contribution in [3.8, 4) is 0 Å². The van der Waals surface area contributed by atoms with Gasteiger partial charge in [0.05, 0.1) is 9.79 Å². The van der Waals surface area contributed by atoms with Gasteiger partial charge in [-0.1, -0.05) is 46.6 Å². The Labute approximate surface area is 207 Å². The average Bonchev–Trinajstić information content (AvgIpc) is 2.84. The van der Waals surface area contributed by atoms with Crippen LogP contribution in [0.25, 0.3) is 33.0 Å². The second-order valence-electron chi connectivity index (χ2n) is 7.11. The number of aliphatic hydroxyl groups excluding tert-OH is 2. The van der Waals surface area contributed by atoms with E-state index in [-0.39, 0.29) is 71.4 Å². The van der Waals surface area contributed by atoms with E-state index in [1.54, 1.807) is 0 Å². The van der Waals surface area contributed by atoms with Gasteiger partial charge >= 0.3 is 0 Å². The highest BCUT2D eigenvalue weighted by Gasteiger charge is 2.20. The van der Waals surface area contributed by atoms with Crippen molar-refractivity contribution in [3.63, 3.8) is 0 Å². The van der Waals surface area contributed by atoms with Crippen molar-refractivity contribution in [2.24, 2.45) is 10.2 Å². The lowest BCUT2D eigenvalue weighted by atomic mass is 10.1. The van der Waals surface area contributed by atoms with Crippen molar-refractivity contribution in [3.05, 3.63) is 68.4 Å². The number of rotatable bonds is 14. The molecule has 0 atom stereocenters. The molecule has 16 heteroatoms. The SMILES string of the molecule is [N-]=[N+]=Nc1ccc(C=Cc2ccc(N=[N+]=[N-])cc2S(=O)(=O)NCCCO)c(S(=O)(=O)NCCCO)c1. The molecule has 2 aromatic rings. The summed E-state index contributed by atoms with van der Waals surface area (Å²) in [4.78, 5) is 4.86. The highest BCUT2D eigenvalue weighted by Crippen LogP contribution is 2.28. The molecule has 0 saturated carbocycles. The minimum absolute atomic E-state index is 0.0312. The van der Waals surface area contributed by atoms with Gasteiger partial charge in [0.1, 0.15) is 0 Å². The molecule has 0 radical (unpaired) electrons. The van der Waals surface area contributed by atoms with Crippen LogP contribution in [0.3, 0.4) is 0 Å². The Hall–Kier alpha value is -3.46. The molecular weight excluding hydrogens is 512 g/mol. The predicted octanol–water partition coefficient (Wildman–Crippen LogP) is 3.06. The first kappa shape index (κ1) is 28.8. The minimum Gasteiger partial charge on any atom is -0.396 e. The van der Waals surface area contributed by atoms with Crippen molar-refractivity contribution in [2.75, 3.05) is 26.3 Å². The van der Waals surface area contributed by atoms with Crippen LogP contribution < -0.4 is 9.44 Å². The summed E-state index contributed by atoms with van der Waals surface area (Å²) in [6.45, 7) is -0.500. The summed E-state index contributed by atoms with van der Waals surface area (Å²) in [7, 11) is -8.16. The quantitative estimate of drug-likeness (QED) is 0.0930. The third-order valence-corrected chi connectivity index (χ3v) is 7.62. The Morgan fingerprint density at radius 2 is 1.14 bits per heavy atom. The standard InChI is InChI=1S/C20H24N8O6S2/c21-27-25-17-7-5-15(19(13-17)35(31,32)23-9-1-11-29)3-4-16-6-8-18(26-28-22)14-20(16)36(33,34)24-10-2-12-30/h3-8,13-14,23-24,29-30H,1-2,9-12H2. The van der Waals surface area contributed by atoms with Crippen LogP contribution in [0.1, 0.15) is 24.0 Å². The molecule has 0 spiro atoms. The van der Waals surface area contributed by atoms with E-state index in [2.05, 4.69) is 29.5 Å². The zero-order valence-corrected chi connectivity index (χ0v) is 20.5. The molecule has 0 saturated heterocycles. The summed E-state index contributed by atoms with van der Waals surface area (Å²) >= 11 is 0. The average molecular weight is 537 g/mol. The molecule has 4 N–H and O–H groups in total. The molecule has 0 amide bonds. The maximum Gasteiger partial charge on any atom is 0.241 e. The molecule has 36 heavy (non-hydrogen) atoms. The normalized spacial score (nSPS) is 11.7. The first-order chi connectivity index (χ1) is 17.2. The highest BCUT2D eigenvalue weighted by molar-refractivity contribution is 7.89. The van der Waals surface area contributed by atoms with E-state index in [9.17, 15) is 16.8 Å². The van der Waals surface area contributed by atoms with Crippen molar-refractivity contribution < 1.29 is 27.0 Å². The van der Waals surface area contributed by atoms with Gasteiger partial charge in [0.15, 0.2) is 0 Å². The number of aliphatic hydroxyl groups is 2. The predicted molar refractivity (Wildman–Crippen MR) is 133 cm³/mol. The van der Waals surface area contributed by atoms with Gasteiger partial charge in [-0.2, -0.15) is 0 Å². The third-order valence-electron chi connectivity index (χ3n) is 4.59. The fraction of sp³-hybridized carbons (Fsp3) is 0.300. The van der Waals surface area contributed by atoms with Crippen molar-refractivity contribution >= 4 is 43.6 Å². The third kappa shape index (κ3) is 8.05. The number of nitrogens with zero attached hydrogens (tertiary/aromatic N) is 6. The molecule has 0 fully saturated rings. The van der Waals surface area contributed by atoms with Gasteiger partial charge in [-0.3, -0.25) is 0 Å². The lowest BCUT2D eigenvalue weighted by molar-refractivity contribution is 0.289. The maximum atomic E-state index is 12.9. The second kappa shape index (κ2) is 13.6. The molecule has 2 rings (SSSR count). The number of sulfonamides is 2. The lowest BCUT2D eigenvalue weighted by Crippen LogP contribution is -2.26. The Morgan fingerprint density at radius 1 is 0.750 bits per heavy atom. The van der Waals surface area contributed by atoms with Crippen molar-refractivity contribution in [1.82, 2.24) is 9.44 Å². The van der Waals surface area contributed by atoms with E-state index < -0.39 is 20.0 Å². The van der Waals surface area contributed by atoms with Crippen LogP contribution in [0.4, 0.5) is 11.4 Å². The molecule has 14 nitrogen and oxygen atoms in total. The first-order valence-electron chi connectivity index (χ1n) is 10.5. The Balaban J connectivity index is 2.59. The highest BCUT2D eigenvalue weighted by atomic mass is 32.2. The lowest BCUT2D eigenvalue weighted by Gasteiger charge is -2.12. The molecule has 0 aliphatic heterocycles. The molecule has 0 unspecified atom stereocenters. The summed E-state index contributed by atoms with van der Waals surface area (Å²) in [5.41, 5.74) is 17.8. The van der Waals surface area contributed by atoms with Crippen LogP contribution in [-0.2, 0) is 20.0 Å². The van der Waals surface area contributed by atoms with E-state index in [1.165, 1.54) is 48.6 Å². The molecular formula is C20H24N8O6S2. The number of nitrogens with one attached hydrogen (secondary N) is 2. The smallest absolute Gasteiger partial charge is 0.241 e. The molecule has 0 bridgehead atoms. The summed E-state index contributed by atoms with van der Waals surface area (Å²) in [5, 5.41) is 24.7. The van der Waals surface area contributed by atoms with Gasteiger partial charge < -0.3 is 10.2 Å². The minimum atomic E-state index is -4.08. The molecule has 192 valence electrons. The van der Waals surface area contributed by atoms with Gasteiger partial charge in [0.2, 0.25) is 20.0 Å². The largest absolute Gasteiger partial charge is 0.396 e. The first-order valence-corrected chi connectivity index (χ1v) is 13.4. The van der Waals surface area contributed by atoms with E-state index in [1.807, 2.05) is 0 Å². The van der Waals surface area contributed by atoms with Gasteiger partial charge in [-0.15, -0.1) is 0 Å². The van der Waals surface area contributed by atoms with Gasteiger partial charge in [-0.25, -0.2) is 26.3 Å². The Morgan fingerprint density at radius 3 is 1.47 bits per heavy atom. The summed E-state index contributed by atoms with van der Waals surface area (Å²) < 4.78 is 56.1. The van der Waals surface area contributed by atoms with Crippen LogP contribution in [0.5, 0.6) is 0 Å². The monoisotopic (exact) mass is 536 g/mol. The number of hydrogen-bond donors (Lipinski definition) is 4. The maximum absolute atomic E-state index is 12.9. The van der Waals surface area contributed by atoms with Crippen LogP contribution in [-0.4, -0.2) is 53.4 Å². The molecule has 0 aromatic heterocycles. The summed E-state index contributed by atoms with van der Waals surface area (Å²) in [6.07, 6.45) is 3.11. The molecule has 0 heterocycles. The van der Waals surface area contributed by atoms with Crippen LogP contribution in [0.2, 0.25) is 0 Å². The fourth-order valence-electron chi connectivity index (χ4n) is 2.92. The number of hydrogen-bond acceptors (Lipinski definition) is 8. The zero-order valence-electron chi connectivity index (χ0n) is 18.9. The van der Waals surface area contributed by atoms with E-state index in [0.29, 0.717) is 0 Å². The number of azide groups is 2. The van der Waals surface area contributed by atoms with Crippen LogP contribution in [0, 0.1) is 0 Å². The van der Waals surface area contributed by atoms with Gasteiger partial charge in [-0.05, 0) is 47.2 Å². The van der Waals surface area contributed by atoms with E-state index >= 15 is 0 Å². The molecule has 0 aliphatic carbocycles. The van der Waals surface area contributed by atoms with Crippen molar-refractivity contribution in [1.29, 1.82) is 0 Å². The second-order valence-corrected chi connectivity index (χ2v) is 10.6. The number of benzene rings is 2. The van der Waals surface area contributed by atoms with E-state index in [4.69, 9.17) is 21.3 Å².